The van der Waals surface area contributed by atoms with E-state index in [1.165, 1.54) is 12.3 Å². The first-order valence-electron chi connectivity index (χ1n) is 4.97. The molecule has 2 saturated heterocycles. The van der Waals surface area contributed by atoms with Crippen LogP contribution in [0, 0.1) is 0 Å². The lowest BCUT2D eigenvalue weighted by atomic mass is 10.3. The maximum atomic E-state index is 3.69. The van der Waals surface area contributed by atoms with E-state index >= 15 is 0 Å². The summed E-state index contributed by atoms with van der Waals surface area (Å²) in [6.45, 7) is 8.16. The number of hydrogen-bond acceptors (Lipinski definition) is 4. The minimum absolute atomic E-state index is 0.603. The second kappa shape index (κ2) is 4.01. The van der Waals surface area contributed by atoms with Gasteiger partial charge in [0.1, 0.15) is 5.50 Å². The summed E-state index contributed by atoms with van der Waals surface area (Å²) in [6, 6.07) is 0.701. The topological polar surface area (TPSA) is 15.3 Å². The van der Waals surface area contributed by atoms with E-state index in [4.69, 9.17) is 0 Å². The van der Waals surface area contributed by atoms with Crippen LogP contribution in [0.3, 0.4) is 0 Å². The molecule has 13 heavy (non-hydrogen) atoms. The first-order valence-corrected chi connectivity index (χ1v) is 6.96. The molecule has 0 radical (unpaired) electrons. The van der Waals surface area contributed by atoms with Crippen molar-refractivity contribution < 1.29 is 0 Å². The molecule has 0 spiro atoms. The monoisotopic (exact) mass is 218 g/mol. The van der Waals surface area contributed by atoms with E-state index in [0.717, 1.165) is 5.25 Å². The van der Waals surface area contributed by atoms with Crippen molar-refractivity contribution in [3.63, 3.8) is 0 Å². The first kappa shape index (κ1) is 10.1. The third-order valence-electron chi connectivity index (χ3n) is 2.61. The molecule has 2 aliphatic rings. The van der Waals surface area contributed by atoms with Crippen LogP contribution in [-0.2, 0) is 0 Å². The van der Waals surface area contributed by atoms with Crippen molar-refractivity contribution in [1.29, 1.82) is 0 Å². The van der Waals surface area contributed by atoms with Crippen molar-refractivity contribution >= 4 is 23.5 Å². The Labute approximate surface area is 89.2 Å². The van der Waals surface area contributed by atoms with Crippen LogP contribution in [0.2, 0.25) is 0 Å². The summed E-state index contributed by atoms with van der Waals surface area (Å²) < 4.78 is 0. The van der Waals surface area contributed by atoms with Crippen LogP contribution < -0.4 is 5.32 Å². The average Bonchev–Trinajstić information content (AvgIpc) is 2.56. The molecular weight excluding hydrogens is 200 g/mol. The molecule has 0 bridgehead atoms. The van der Waals surface area contributed by atoms with Gasteiger partial charge in [-0.2, -0.15) is 0 Å². The summed E-state index contributed by atoms with van der Waals surface area (Å²) in [4.78, 5) is 2.59. The molecule has 0 saturated carbocycles. The molecular formula is C9H18N2S2. The molecule has 2 heterocycles. The minimum Gasteiger partial charge on any atom is -0.280 e. The number of thioether (sulfide) groups is 2. The van der Waals surface area contributed by atoms with Crippen LogP contribution in [0.25, 0.3) is 0 Å². The van der Waals surface area contributed by atoms with Gasteiger partial charge in [0, 0.05) is 23.6 Å². The molecule has 76 valence electrons. The molecule has 0 aliphatic carbocycles. The minimum atomic E-state index is 0.603. The molecule has 4 heteroatoms. The van der Waals surface area contributed by atoms with Crippen molar-refractivity contribution in [1.82, 2.24) is 10.2 Å². The lowest BCUT2D eigenvalue weighted by Crippen LogP contribution is -2.32. The van der Waals surface area contributed by atoms with Crippen molar-refractivity contribution in [2.24, 2.45) is 0 Å². The van der Waals surface area contributed by atoms with Crippen molar-refractivity contribution in [2.75, 3.05) is 12.3 Å². The molecule has 0 aromatic rings. The van der Waals surface area contributed by atoms with Crippen molar-refractivity contribution in [3.8, 4) is 0 Å². The van der Waals surface area contributed by atoms with Crippen molar-refractivity contribution in [2.45, 2.75) is 42.9 Å². The first-order chi connectivity index (χ1) is 6.18. The highest BCUT2D eigenvalue weighted by Gasteiger charge is 2.41. The Morgan fingerprint density at radius 1 is 1.54 bits per heavy atom. The molecule has 0 aromatic heterocycles. The lowest BCUT2D eigenvalue weighted by molar-refractivity contribution is 0.281. The summed E-state index contributed by atoms with van der Waals surface area (Å²) in [6.07, 6.45) is 0. The van der Waals surface area contributed by atoms with Crippen LogP contribution >= 0.6 is 23.5 Å². The zero-order chi connectivity index (χ0) is 9.42. The van der Waals surface area contributed by atoms with Gasteiger partial charge >= 0.3 is 0 Å². The fraction of sp³-hybridized carbons (Fsp3) is 1.00. The Balaban J connectivity index is 1.94. The van der Waals surface area contributed by atoms with Gasteiger partial charge in [-0.05, 0) is 6.92 Å². The molecule has 2 rings (SSSR count). The number of fused-ring (bicyclic) bond motifs is 1. The predicted octanol–water partition coefficient (Wildman–Crippen LogP) is 1.78. The fourth-order valence-electron chi connectivity index (χ4n) is 1.94. The van der Waals surface area contributed by atoms with Gasteiger partial charge in [0.25, 0.3) is 0 Å². The van der Waals surface area contributed by atoms with E-state index < -0.39 is 0 Å². The molecule has 0 amide bonds. The lowest BCUT2D eigenvalue weighted by Gasteiger charge is -2.21. The van der Waals surface area contributed by atoms with Crippen LogP contribution in [0.5, 0.6) is 0 Å². The molecule has 3 unspecified atom stereocenters. The highest BCUT2D eigenvalue weighted by Crippen LogP contribution is 2.35. The number of nitrogens with zero attached hydrogens (tertiary/aromatic N) is 1. The summed E-state index contributed by atoms with van der Waals surface area (Å²) in [5, 5.41) is 5.05. The Bertz CT molecular complexity index is 186. The standard InChI is InChI=1S/C9H18N2S2/c1-6(2)13-8-7(3)11-4-5-12-9(11)10-8/h6-10H,4-5H2,1-3H3. The van der Waals surface area contributed by atoms with E-state index in [2.05, 4.69) is 42.7 Å². The summed E-state index contributed by atoms with van der Waals surface area (Å²) in [7, 11) is 0. The highest BCUT2D eigenvalue weighted by molar-refractivity contribution is 8.01. The maximum Gasteiger partial charge on any atom is 0.109 e. The molecule has 2 aliphatic heterocycles. The second-order valence-corrected chi connectivity index (χ2v) is 6.88. The Hall–Kier alpha value is 0.620. The van der Waals surface area contributed by atoms with Gasteiger partial charge in [-0.25, -0.2) is 0 Å². The highest BCUT2D eigenvalue weighted by atomic mass is 32.2. The zero-order valence-corrected chi connectivity index (χ0v) is 10.1. The molecule has 0 aromatic carbocycles. The van der Waals surface area contributed by atoms with Gasteiger partial charge in [0.15, 0.2) is 0 Å². The van der Waals surface area contributed by atoms with Crippen LogP contribution in [0.15, 0.2) is 0 Å². The summed E-state index contributed by atoms with van der Waals surface area (Å²) in [5.74, 6) is 1.29. The number of nitrogens with one attached hydrogen (secondary N) is 1. The third-order valence-corrected chi connectivity index (χ3v) is 5.12. The second-order valence-electron chi connectivity index (χ2n) is 3.97. The van der Waals surface area contributed by atoms with E-state index in [1.807, 2.05) is 11.8 Å². The van der Waals surface area contributed by atoms with Gasteiger partial charge in [-0.15, -0.1) is 23.5 Å². The third kappa shape index (κ3) is 2.01. The van der Waals surface area contributed by atoms with Gasteiger partial charge in [0.05, 0.1) is 5.37 Å². The van der Waals surface area contributed by atoms with E-state index in [0.29, 0.717) is 16.9 Å². The van der Waals surface area contributed by atoms with Crippen LogP contribution in [-0.4, -0.2) is 39.4 Å². The largest absolute Gasteiger partial charge is 0.280 e. The smallest absolute Gasteiger partial charge is 0.109 e. The van der Waals surface area contributed by atoms with E-state index in [9.17, 15) is 0 Å². The SMILES string of the molecule is CC(C)SC1NC2SCCN2C1C. The van der Waals surface area contributed by atoms with E-state index in [-0.39, 0.29) is 0 Å². The van der Waals surface area contributed by atoms with Gasteiger partial charge in [0.2, 0.25) is 0 Å². The molecule has 2 fully saturated rings. The van der Waals surface area contributed by atoms with Gasteiger partial charge in [-0.3, -0.25) is 10.2 Å². The molecule has 2 nitrogen and oxygen atoms in total. The molecule has 3 atom stereocenters. The Morgan fingerprint density at radius 2 is 2.31 bits per heavy atom. The van der Waals surface area contributed by atoms with Gasteiger partial charge < -0.3 is 0 Å². The van der Waals surface area contributed by atoms with Gasteiger partial charge in [-0.1, -0.05) is 13.8 Å². The summed E-state index contributed by atoms with van der Waals surface area (Å²) in [5.41, 5.74) is 0.603. The quantitative estimate of drug-likeness (QED) is 0.759. The average molecular weight is 218 g/mol. The number of rotatable bonds is 2. The van der Waals surface area contributed by atoms with E-state index in [1.54, 1.807) is 0 Å². The maximum absolute atomic E-state index is 3.69. The normalized spacial score (nSPS) is 40.2. The Kier molecular flexibility index (Phi) is 3.13. The van der Waals surface area contributed by atoms with Crippen LogP contribution in [0.1, 0.15) is 20.8 Å². The predicted molar refractivity (Wildman–Crippen MR) is 62.1 cm³/mol. The fourth-order valence-corrected chi connectivity index (χ4v) is 4.48. The molecule has 1 N–H and O–H groups in total. The zero-order valence-electron chi connectivity index (χ0n) is 8.49. The van der Waals surface area contributed by atoms with Crippen molar-refractivity contribution in [3.05, 3.63) is 0 Å². The Morgan fingerprint density at radius 3 is 2.92 bits per heavy atom. The van der Waals surface area contributed by atoms with Crippen LogP contribution in [0.4, 0.5) is 0 Å². The number of hydrogen-bond donors (Lipinski definition) is 1. The summed E-state index contributed by atoms with van der Waals surface area (Å²) >= 11 is 4.11.